The highest BCUT2D eigenvalue weighted by molar-refractivity contribution is 4.82. The van der Waals surface area contributed by atoms with Crippen LogP contribution in [-0.2, 0) is 4.74 Å². The Hall–Kier alpha value is -0.120. The smallest absolute Gasteiger partial charge is 0.0589 e. The molecule has 1 fully saturated rings. The van der Waals surface area contributed by atoms with E-state index in [-0.39, 0.29) is 0 Å². The Morgan fingerprint density at radius 2 is 2.29 bits per heavy atom. The Labute approximate surface area is 87.8 Å². The van der Waals surface area contributed by atoms with Crippen LogP contribution in [0, 0.1) is 5.92 Å². The second-order valence-corrected chi connectivity index (χ2v) is 4.22. The Morgan fingerprint density at radius 3 is 2.86 bits per heavy atom. The molecule has 1 aliphatic heterocycles. The summed E-state index contributed by atoms with van der Waals surface area (Å²) in [5, 5.41) is 3.55. The Morgan fingerprint density at radius 1 is 1.50 bits per heavy atom. The van der Waals surface area contributed by atoms with Crippen molar-refractivity contribution in [1.29, 1.82) is 0 Å². The molecule has 84 valence electrons. The van der Waals surface area contributed by atoms with Gasteiger partial charge in [-0.15, -0.1) is 0 Å². The van der Waals surface area contributed by atoms with Crippen molar-refractivity contribution in [2.45, 2.75) is 26.3 Å². The average Bonchev–Trinajstić information content (AvgIpc) is 2.19. The molecule has 0 aliphatic carbocycles. The topological polar surface area (TPSA) is 24.5 Å². The Bertz CT molecular complexity index is 152. The number of nitrogens with one attached hydrogen (secondary N) is 1. The summed E-state index contributed by atoms with van der Waals surface area (Å²) in [4.78, 5) is 2.50. The van der Waals surface area contributed by atoms with Crippen molar-refractivity contribution < 1.29 is 4.74 Å². The van der Waals surface area contributed by atoms with E-state index in [1.54, 1.807) is 7.11 Å². The Kier molecular flexibility index (Phi) is 5.45. The molecule has 3 heteroatoms. The van der Waals surface area contributed by atoms with Crippen LogP contribution in [0.4, 0.5) is 0 Å². The first kappa shape index (κ1) is 12.0. The number of nitrogens with zero attached hydrogens (tertiary/aromatic N) is 1. The summed E-state index contributed by atoms with van der Waals surface area (Å²) in [6, 6.07) is 0.721. The van der Waals surface area contributed by atoms with Crippen LogP contribution in [-0.4, -0.2) is 50.8 Å². The van der Waals surface area contributed by atoms with Gasteiger partial charge in [0.1, 0.15) is 0 Å². The second-order valence-electron chi connectivity index (χ2n) is 4.22. The van der Waals surface area contributed by atoms with Crippen molar-refractivity contribution in [1.82, 2.24) is 10.2 Å². The van der Waals surface area contributed by atoms with Crippen LogP contribution in [0.2, 0.25) is 0 Å². The molecule has 0 aromatic heterocycles. The maximum absolute atomic E-state index is 5.10. The third-order valence-electron chi connectivity index (χ3n) is 3.07. The van der Waals surface area contributed by atoms with Gasteiger partial charge >= 0.3 is 0 Å². The third kappa shape index (κ3) is 3.56. The molecule has 3 nitrogen and oxygen atoms in total. The molecule has 0 aromatic carbocycles. The molecule has 2 unspecified atom stereocenters. The molecular formula is C11H24N2O. The number of hydrogen-bond acceptors (Lipinski definition) is 3. The van der Waals surface area contributed by atoms with Gasteiger partial charge in [-0.1, -0.05) is 13.8 Å². The number of ether oxygens (including phenoxy) is 1. The largest absolute Gasteiger partial charge is 0.383 e. The molecule has 0 saturated carbocycles. The fourth-order valence-electron chi connectivity index (χ4n) is 2.22. The van der Waals surface area contributed by atoms with Crippen molar-refractivity contribution in [2.24, 2.45) is 5.92 Å². The summed E-state index contributed by atoms with van der Waals surface area (Å²) in [7, 11) is 1.77. The summed E-state index contributed by atoms with van der Waals surface area (Å²) in [6.07, 6.45) is 1.28. The molecule has 1 saturated heterocycles. The van der Waals surface area contributed by atoms with Crippen molar-refractivity contribution in [2.75, 3.05) is 39.9 Å². The predicted molar refractivity (Wildman–Crippen MR) is 59.6 cm³/mol. The molecule has 2 atom stereocenters. The Balaban J connectivity index is 2.24. The fraction of sp³-hybridized carbons (Fsp3) is 1.00. The zero-order valence-electron chi connectivity index (χ0n) is 9.75. The van der Waals surface area contributed by atoms with Crippen LogP contribution in [0.15, 0.2) is 0 Å². The van der Waals surface area contributed by atoms with Crippen molar-refractivity contribution >= 4 is 0 Å². The summed E-state index contributed by atoms with van der Waals surface area (Å²) in [5.41, 5.74) is 0. The van der Waals surface area contributed by atoms with E-state index in [9.17, 15) is 0 Å². The van der Waals surface area contributed by atoms with Crippen molar-refractivity contribution in [3.8, 4) is 0 Å². The molecule has 1 aliphatic rings. The first-order chi connectivity index (χ1) is 6.77. The zero-order valence-corrected chi connectivity index (χ0v) is 9.75. The van der Waals surface area contributed by atoms with Crippen LogP contribution in [0.5, 0.6) is 0 Å². The van der Waals surface area contributed by atoms with Crippen LogP contribution in [0.3, 0.4) is 0 Å². The van der Waals surface area contributed by atoms with Gasteiger partial charge in [-0.25, -0.2) is 0 Å². The van der Waals surface area contributed by atoms with E-state index in [2.05, 4.69) is 24.1 Å². The van der Waals surface area contributed by atoms with Gasteiger partial charge in [0, 0.05) is 26.2 Å². The van der Waals surface area contributed by atoms with Gasteiger partial charge in [0.15, 0.2) is 0 Å². The lowest BCUT2D eigenvalue weighted by atomic mass is 9.94. The highest BCUT2D eigenvalue weighted by atomic mass is 16.5. The van der Waals surface area contributed by atoms with E-state index in [0.29, 0.717) is 0 Å². The van der Waals surface area contributed by atoms with Gasteiger partial charge in [0.25, 0.3) is 0 Å². The number of likely N-dealkylation sites (tertiary alicyclic amines) is 1. The van der Waals surface area contributed by atoms with Gasteiger partial charge in [-0.3, -0.25) is 0 Å². The highest BCUT2D eigenvalue weighted by Crippen LogP contribution is 2.16. The van der Waals surface area contributed by atoms with E-state index in [1.807, 2.05) is 0 Å². The zero-order chi connectivity index (χ0) is 10.4. The molecule has 0 amide bonds. The van der Waals surface area contributed by atoms with Gasteiger partial charge in [-0.2, -0.15) is 0 Å². The minimum atomic E-state index is 0.721. The molecule has 0 spiro atoms. The number of methoxy groups -OCH3 is 1. The van der Waals surface area contributed by atoms with Gasteiger partial charge in [0.05, 0.1) is 6.61 Å². The minimum Gasteiger partial charge on any atom is -0.383 e. The van der Waals surface area contributed by atoms with Crippen molar-refractivity contribution in [3.63, 3.8) is 0 Å². The SMILES string of the molecule is CCNC1CCN(CCOC)CC1C. The second kappa shape index (κ2) is 6.38. The molecule has 1 rings (SSSR count). The van der Waals surface area contributed by atoms with Crippen LogP contribution < -0.4 is 5.32 Å². The summed E-state index contributed by atoms with van der Waals surface area (Å²) >= 11 is 0. The van der Waals surface area contributed by atoms with E-state index in [1.165, 1.54) is 19.5 Å². The van der Waals surface area contributed by atoms with Crippen LogP contribution in [0.1, 0.15) is 20.3 Å². The fourth-order valence-corrected chi connectivity index (χ4v) is 2.22. The maximum atomic E-state index is 5.10. The first-order valence-electron chi connectivity index (χ1n) is 5.72. The van der Waals surface area contributed by atoms with Crippen molar-refractivity contribution in [3.05, 3.63) is 0 Å². The molecule has 1 heterocycles. The monoisotopic (exact) mass is 200 g/mol. The molecule has 14 heavy (non-hydrogen) atoms. The number of hydrogen-bond donors (Lipinski definition) is 1. The van der Waals surface area contributed by atoms with Crippen LogP contribution >= 0.6 is 0 Å². The molecule has 0 bridgehead atoms. The highest BCUT2D eigenvalue weighted by Gasteiger charge is 2.24. The summed E-state index contributed by atoms with van der Waals surface area (Å²) in [5.74, 6) is 0.764. The summed E-state index contributed by atoms with van der Waals surface area (Å²) < 4.78 is 5.10. The van der Waals surface area contributed by atoms with Gasteiger partial charge in [0.2, 0.25) is 0 Å². The van der Waals surface area contributed by atoms with E-state index < -0.39 is 0 Å². The van der Waals surface area contributed by atoms with Gasteiger partial charge < -0.3 is 15.0 Å². The third-order valence-corrected chi connectivity index (χ3v) is 3.07. The number of piperidine rings is 1. The van der Waals surface area contributed by atoms with E-state index in [4.69, 9.17) is 4.74 Å². The quantitative estimate of drug-likeness (QED) is 0.715. The number of rotatable bonds is 5. The lowest BCUT2D eigenvalue weighted by Gasteiger charge is -2.37. The molecule has 0 radical (unpaired) electrons. The first-order valence-corrected chi connectivity index (χ1v) is 5.72. The molecular weight excluding hydrogens is 176 g/mol. The van der Waals surface area contributed by atoms with Gasteiger partial charge in [-0.05, 0) is 25.4 Å². The normalized spacial score (nSPS) is 29.4. The van der Waals surface area contributed by atoms with Crippen LogP contribution in [0.25, 0.3) is 0 Å². The predicted octanol–water partition coefficient (Wildman–Crippen LogP) is 0.953. The van der Waals surface area contributed by atoms with E-state index >= 15 is 0 Å². The average molecular weight is 200 g/mol. The maximum Gasteiger partial charge on any atom is 0.0589 e. The molecule has 0 aromatic rings. The lowest BCUT2D eigenvalue weighted by molar-refractivity contribution is 0.103. The minimum absolute atomic E-state index is 0.721. The molecule has 1 N–H and O–H groups in total. The lowest BCUT2D eigenvalue weighted by Crippen LogP contribution is -2.48. The standard InChI is InChI=1S/C11H24N2O/c1-4-12-11-5-6-13(7-8-14-3)9-10(11)2/h10-12H,4-9H2,1-3H3. The summed E-state index contributed by atoms with van der Waals surface area (Å²) in [6.45, 7) is 9.98. The van der Waals surface area contributed by atoms with E-state index in [0.717, 1.165) is 31.7 Å².